The average Bonchev–Trinajstić information content (AvgIpc) is 3.30. The molecule has 0 aromatic heterocycles. The molecule has 0 aromatic carbocycles. The second-order valence-corrected chi connectivity index (χ2v) is 6.23. The van der Waals surface area contributed by atoms with Crippen molar-refractivity contribution >= 4 is 6.03 Å². The van der Waals surface area contributed by atoms with Crippen molar-refractivity contribution in [2.24, 2.45) is 11.8 Å². The second-order valence-electron chi connectivity index (χ2n) is 6.23. The molecular formula is C16H29N3O2. The molecule has 1 N–H and O–H groups in total. The number of nitrogens with one attached hydrogen (secondary N) is 1. The van der Waals surface area contributed by atoms with Gasteiger partial charge in [0.1, 0.15) is 0 Å². The number of carbonyl (C=O) groups is 1. The number of hydrogen-bond donors (Lipinski definition) is 1. The maximum absolute atomic E-state index is 12.3. The van der Waals surface area contributed by atoms with Gasteiger partial charge in [0.15, 0.2) is 0 Å². The number of allylic oxidation sites excluding steroid dienone is 1. The molecular weight excluding hydrogens is 266 g/mol. The normalized spacial score (nSPS) is 23.8. The fourth-order valence-electron chi connectivity index (χ4n) is 2.88. The van der Waals surface area contributed by atoms with E-state index in [9.17, 15) is 4.79 Å². The summed E-state index contributed by atoms with van der Waals surface area (Å²) >= 11 is 0. The first-order chi connectivity index (χ1) is 10.1. The van der Waals surface area contributed by atoms with Crippen molar-refractivity contribution < 1.29 is 9.53 Å². The number of nitrogens with zero attached hydrogens (tertiary/aromatic N) is 2. The molecule has 5 heteroatoms. The average molecular weight is 295 g/mol. The van der Waals surface area contributed by atoms with Gasteiger partial charge >= 0.3 is 6.03 Å². The molecule has 1 saturated carbocycles. The van der Waals surface area contributed by atoms with Gasteiger partial charge in [-0.15, -0.1) is 0 Å². The number of rotatable bonds is 6. The standard InChI is InChI=1S/C16H29N3O2/c1-5-12(2)14-9-11-19(16(21-4)18(14)3)15(20)17-10-8-13-6-7-13/h9,12-13,16H,5-8,10-11H2,1-4H3,(H,17,20). The van der Waals surface area contributed by atoms with Crippen LogP contribution in [0.3, 0.4) is 0 Å². The van der Waals surface area contributed by atoms with Crippen LogP contribution < -0.4 is 5.32 Å². The maximum atomic E-state index is 12.3. The predicted molar refractivity (Wildman–Crippen MR) is 83.5 cm³/mol. The minimum atomic E-state index is -0.320. The zero-order chi connectivity index (χ0) is 15.4. The zero-order valence-corrected chi connectivity index (χ0v) is 13.8. The molecule has 5 nitrogen and oxygen atoms in total. The van der Waals surface area contributed by atoms with E-state index >= 15 is 0 Å². The van der Waals surface area contributed by atoms with Gasteiger partial charge in [-0.25, -0.2) is 4.79 Å². The highest BCUT2D eigenvalue weighted by molar-refractivity contribution is 5.74. The Bertz CT molecular complexity index is 393. The van der Waals surface area contributed by atoms with Gasteiger partial charge in [-0.3, -0.25) is 4.90 Å². The van der Waals surface area contributed by atoms with Gasteiger partial charge in [0.25, 0.3) is 0 Å². The minimum absolute atomic E-state index is 0.0335. The Morgan fingerprint density at radius 2 is 2.24 bits per heavy atom. The van der Waals surface area contributed by atoms with Crippen molar-refractivity contribution in [3.8, 4) is 0 Å². The van der Waals surface area contributed by atoms with Gasteiger partial charge in [0.2, 0.25) is 6.35 Å². The monoisotopic (exact) mass is 295 g/mol. The van der Waals surface area contributed by atoms with Crippen LogP contribution in [-0.2, 0) is 4.74 Å². The zero-order valence-electron chi connectivity index (χ0n) is 13.8. The summed E-state index contributed by atoms with van der Waals surface area (Å²) in [6, 6.07) is -0.0335. The summed E-state index contributed by atoms with van der Waals surface area (Å²) in [4.78, 5) is 16.2. The van der Waals surface area contributed by atoms with E-state index in [2.05, 4.69) is 30.1 Å². The smallest absolute Gasteiger partial charge is 0.321 e. The Balaban J connectivity index is 1.94. The van der Waals surface area contributed by atoms with Crippen molar-refractivity contribution in [2.75, 3.05) is 27.2 Å². The molecule has 0 spiro atoms. The first kappa shape index (κ1) is 16.1. The van der Waals surface area contributed by atoms with E-state index in [1.54, 1.807) is 12.0 Å². The minimum Gasteiger partial charge on any atom is -0.344 e. The number of urea groups is 1. The van der Waals surface area contributed by atoms with E-state index in [4.69, 9.17) is 4.74 Å². The van der Waals surface area contributed by atoms with E-state index in [-0.39, 0.29) is 12.4 Å². The van der Waals surface area contributed by atoms with Crippen LogP contribution in [0.4, 0.5) is 4.79 Å². The number of amides is 2. The van der Waals surface area contributed by atoms with Crippen LogP contribution in [0.15, 0.2) is 11.8 Å². The molecule has 2 unspecified atom stereocenters. The Hall–Kier alpha value is -1.23. The summed E-state index contributed by atoms with van der Waals surface area (Å²) in [5.41, 5.74) is 1.26. The molecule has 2 rings (SSSR count). The van der Waals surface area contributed by atoms with Crippen molar-refractivity contribution in [1.29, 1.82) is 0 Å². The van der Waals surface area contributed by atoms with E-state index in [0.29, 0.717) is 12.5 Å². The third kappa shape index (κ3) is 3.90. The van der Waals surface area contributed by atoms with E-state index in [1.807, 2.05) is 7.05 Å². The maximum Gasteiger partial charge on any atom is 0.321 e. The summed E-state index contributed by atoms with van der Waals surface area (Å²) in [6.07, 6.45) is 6.65. The molecule has 2 atom stereocenters. The Morgan fingerprint density at radius 1 is 1.52 bits per heavy atom. The summed E-state index contributed by atoms with van der Waals surface area (Å²) in [6.45, 7) is 5.76. The molecule has 0 saturated heterocycles. The molecule has 21 heavy (non-hydrogen) atoms. The van der Waals surface area contributed by atoms with Gasteiger partial charge in [-0.1, -0.05) is 26.7 Å². The molecule has 120 valence electrons. The molecule has 1 fully saturated rings. The SMILES string of the molecule is CCC(C)C1=CCN(C(=O)NCCC2CC2)C(OC)N1C. The Labute approximate surface area is 128 Å². The topological polar surface area (TPSA) is 44.8 Å². The molecule has 1 heterocycles. The van der Waals surface area contributed by atoms with Crippen LogP contribution in [0.1, 0.15) is 39.5 Å². The largest absolute Gasteiger partial charge is 0.344 e. The highest BCUT2D eigenvalue weighted by Gasteiger charge is 2.32. The lowest BCUT2D eigenvalue weighted by molar-refractivity contribution is -0.0982. The van der Waals surface area contributed by atoms with Crippen LogP contribution in [-0.4, -0.2) is 49.4 Å². The molecule has 2 aliphatic rings. The van der Waals surface area contributed by atoms with Crippen LogP contribution in [0, 0.1) is 11.8 Å². The summed E-state index contributed by atoms with van der Waals surface area (Å²) < 4.78 is 5.55. The molecule has 0 bridgehead atoms. The van der Waals surface area contributed by atoms with Crippen LogP contribution >= 0.6 is 0 Å². The fraction of sp³-hybridized carbons (Fsp3) is 0.812. The van der Waals surface area contributed by atoms with E-state index in [0.717, 1.165) is 25.3 Å². The van der Waals surface area contributed by atoms with Crippen molar-refractivity contribution in [3.63, 3.8) is 0 Å². The van der Waals surface area contributed by atoms with Gasteiger partial charge in [-0.2, -0.15) is 0 Å². The van der Waals surface area contributed by atoms with E-state index in [1.165, 1.54) is 18.5 Å². The summed E-state index contributed by atoms with van der Waals surface area (Å²) in [5.74, 6) is 1.32. The highest BCUT2D eigenvalue weighted by atomic mass is 16.5. The van der Waals surface area contributed by atoms with Gasteiger partial charge < -0.3 is 15.0 Å². The lowest BCUT2D eigenvalue weighted by Gasteiger charge is -2.43. The summed E-state index contributed by atoms with van der Waals surface area (Å²) in [5, 5.41) is 3.02. The van der Waals surface area contributed by atoms with Crippen molar-refractivity contribution in [1.82, 2.24) is 15.1 Å². The summed E-state index contributed by atoms with van der Waals surface area (Å²) in [7, 11) is 3.65. The van der Waals surface area contributed by atoms with Crippen LogP contribution in [0.25, 0.3) is 0 Å². The first-order valence-corrected chi connectivity index (χ1v) is 8.08. The van der Waals surface area contributed by atoms with Gasteiger partial charge in [-0.05, 0) is 30.8 Å². The lowest BCUT2D eigenvalue weighted by Crippen LogP contribution is -2.56. The Morgan fingerprint density at radius 3 is 2.81 bits per heavy atom. The van der Waals surface area contributed by atoms with Crippen molar-refractivity contribution in [3.05, 3.63) is 11.8 Å². The molecule has 2 amide bonds. The predicted octanol–water partition coefficient (Wildman–Crippen LogP) is 2.60. The van der Waals surface area contributed by atoms with Gasteiger partial charge in [0, 0.05) is 32.9 Å². The molecule has 1 aliphatic heterocycles. The number of methoxy groups -OCH3 is 1. The molecule has 0 aromatic rings. The van der Waals surface area contributed by atoms with Crippen LogP contribution in [0.2, 0.25) is 0 Å². The second kappa shape index (κ2) is 7.16. The first-order valence-electron chi connectivity index (χ1n) is 8.08. The number of carbonyl (C=O) groups excluding carboxylic acids is 1. The fourth-order valence-corrected chi connectivity index (χ4v) is 2.88. The number of ether oxygens (including phenoxy) is 1. The van der Waals surface area contributed by atoms with Crippen molar-refractivity contribution in [2.45, 2.75) is 45.9 Å². The van der Waals surface area contributed by atoms with Crippen LogP contribution in [0.5, 0.6) is 0 Å². The molecule has 1 aliphatic carbocycles. The van der Waals surface area contributed by atoms with E-state index < -0.39 is 0 Å². The van der Waals surface area contributed by atoms with Gasteiger partial charge in [0.05, 0.1) is 0 Å². The molecule has 0 radical (unpaired) electrons. The number of hydrogen-bond acceptors (Lipinski definition) is 3. The quantitative estimate of drug-likeness (QED) is 0.819. The lowest BCUT2D eigenvalue weighted by atomic mass is 10.0. The third-order valence-corrected chi connectivity index (χ3v) is 4.62. The Kier molecular flexibility index (Phi) is 5.51. The highest BCUT2D eigenvalue weighted by Crippen LogP contribution is 2.31. The third-order valence-electron chi connectivity index (χ3n) is 4.62.